The van der Waals surface area contributed by atoms with Crippen molar-refractivity contribution < 1.29 is 0 Å². The molecule has 1 rings (SSSR count). The van der Waals surface area contributed by atoms with Crippen molar-refractivity contribution in [2.24, 2.45) is 0 Å². The zero-order valence-electron chi connectivity index (χ0n) is 5.65. The molecule has 0 N–H and O–H groups in total. The van der Waals surface area contributed by atoms with Gasteiger partial charge < -0.3 is 0 Å². The van der Waals surface area contributed by atoms with Crippen molar-refractivity contribution in [3.8, 4) is 11.8 Å². The Morgan fingerprint density at radius 2 is 2.40 bits per heavy atom. The standard InChI is InChI=1S/C8H7BrS/c1-7-5-10-6-8(7)3-2-4-9/h5-6H,4H2,1H3. The Hall–Kier alpha value is -0.260. The summed E-state index contributed by atoms with van der Waals surface area (Å²) in [5.41, 5.74) is 2.43. The first-order chi connectivity index (χ1) is 4.84. The van der Waals surface area contributed by atoms with Crippen molar-refractivity contribution in [2.75, 3.05) is 5.33 Å². The normalized spacial score (nSPS) is 8.60. The highest BCUT2D eigenvalue weighted by atomic mass is 79.9. The van der Waals surface area contributed by atoms with E-state index >= 15 is 0 Å². The molecule has 0 unspecified atom stereocenters. The summed E-state index contributed by atoms with van der Waals surface area (Å²) in [6, 6.07) is 0. The number of hydrogen-bond acceptors (Lipinski definition) is 1. The lowest BCUT2D eigenvalue weighted by molar-refractivity contribution is 1.52. The van der Waals surface area contributed by atoms with E-state index in [1.165, 1.54) is 5.56 Å². The molecular weight excluding hydrogens is 208 g/mol. The fourth-order valence-electron chi connectivity index (χ4n) is 0.617. The van der Waals surface area contributed by atoms with Crippen LogP contribution < -0.4 is 0 Å². The summed E-state index contributed by atoms with van der Waals surface area (Å²) in [4.78, 5) is 0. The largest absolute Gasteiger partial charge is 0.151 e. The first-order valence-electron chi connectivity index (χ1n) is 2.92. The first kappa shape index (κ1) is 7.84. The summed E-state index contributed by atoms with van der Waals surface area (Å²) in [6.07, 6.45) is 0. The van der Waals surface area contributed by atoms with Gasteiger partial charge in [0, 0.05) is 10.9 Å². The smallest absolute Gasteiger partial charge is 0.0649 e. The molecule has 0 bridgehead atoms. The Bertz CT molecular complexity index is 264. The molecule has 0 aliphatic rings. The van der Waals surface area contributed by atoms with Crippen LogP contribution >= 0.6 is 27.3 Å². The van der Waals surface area contributed by atoms with Gasteiger partial charge in [-0.1, -0.05) is 27.8 Å². The van der Waals surface area contributed by atoms with Gasteiger partial charge in [-0.25, -0.2) is 0 Å². The monoisotopic (exact) mass is 214 g/mol. The van der Waals surface area contributed by atoms with E-state index in [1.54, 1.807) is 11.3 Å². The zero-order chi connectivity index (χ0) is 7.40. The second-order valence-electron chi connectivity index (χ2n) is 1.90. The maximum atomic E-state index is 3.25. The number of hydrogen-bond donors (Lipinski definition) is 0. The van der Waals surface area contributed by atoms with Crippen molar-refractivity contribution >= 4 is 27.3 Å². The highest BCUT2D eigenvalue weighted by Gasteiger charge is 1.91. The predicted octanol–water partition coefficient (Wildman–Crippen LogP) is 2.80. The molecule has 0 radical (unpaired) electrons. The third-order valence-corrected chi connectivity index (χ3v) is 2.29. The van der Waals surface area contributed by atoms with Crippen molar-refractivity contribution in [2.45, 2.75) is 6.92 Å². The van der Waals surface area contributed by atoms with Gasteiger partial charge in [0.15, 0.2) is 0 Å². The van der Waals surface area contributed by atoms with Crippen LogP contribution in [0.5, 0.6) is 0 Å². The fourth-order valence-corrected chi connectivity index (χ4v) is 1.54. The first-order valence-corrected chi connectivity index (χ1v) is 4.98. The lowest BCUT2D eigenvalue weighted by atomic mass is 10.2. The molecule has 1 heterocycles. The van der Waals surface area contributed by atoms with Gasteiger partial charge in [0.05, 0.1) is 5.33 Å². The van der Waals surface area contributed by atoms with Gasteiger partial charge in [-0.05, 0) is 17.9 Å². The molecular formula is C8H7BrS. The number of aryl methyl sites for hydroxylation is 1. The molecule has 0 amide bonds. The van der Waals surface area contributed by atoms with Crippen molar-refractivity contribution in [3.63, 3.8) is 0 Å². The van der Waals surface area contributed by atoms with Crippen molar-refractivity contribution in [3.05, 3.63) is 21.9 Å². The lowest BCUT2D eigenvalue weighted by Crippen LogP contribution is -1.71. The van der Waals surface area contributed by atoms with Gasteiger partial charge in [-0.3, -0.25) is 0 Å². The fraction of sp³-hybridized carbons (Fsp3) is 0.250. The summed E-state index contributed by atoms with van der Waals surface area (Å²) in [6.45, 7) is 2.08. The summed E-state index contributed by atoms with van der Waals surface area (Å²) >= 11 is 4.95. The Kier molecular flexibility index (Phi) is 2.98. The van der Waals surface area contributed by atoms with Crippen LogP contribution in [0.3, 0.4) is 0 Å². The number of thiophene rings is 1. The van der Waals surface area contributed by atoms with Gasteiger partial charge in [-0.2, -0.15) is 11.3 Å². The Morgan fingerprint density at radius 1 is 1.60 bits per heavy atom. The molecule has 0 atom stereocenters. The lowest BCUT2D eigenvalue weighted by Gasteiger charge is -1.81. The van der Waals surface area contributed by atoms with Crippen LogP contribution in [-0.2, 0) is 0 Å². The molecule has 0 aromatic carbocycles. The topological polar surface area (TPSA) is 0 Å². The van der Waals surface area contributed by atoms with Crippen LogP contribution in [0.15, 0.2) is 10.8 Å². The molecule has 2 heteroatoms. The zero-order valence-corrected chi connectivity index (χ0v) is 8.05. The molecule has 0 fully saturated rings. The third-order valence-electron chi connectivity index (χ3n) is 1.15. The number of halogens is 1. The molecule has 0 aliphatic heterocycles. The maximum absolute atomic E-state index is 3.25. The minimum absolute atomic E-state index is 0.752. The highest BCUT2D eigenvalue weighted by Crippen LogP contribution is 2.11. The quantitative estimate of drug-likeness (QED) is 0.461. The molecule has 0 aliphatic carbocycles. The van der Waals surface area contributed by atoms with E-state index in [9.17, 15) is 0 Å². The third kappa shape index (κ3) is 1.86. The van der Waals surface area contributed by atoms with E-state index in [0.29, 0.717) is 0 Å². The van der Waals surface area contributed by atoms with E-state index in [2.05, 4.69) is 45.5 Å². The van der Waals surface area contributed by atoms with E-state index in [4.69, 9.17) is 0 Å². The van der Waals surface area contributed by atoms with Gasteiger partial charge in [0.2, 0.25) is 0 Å². The Labute approximate surface area is 73.4 Å². The predicted molar refractivity (Wildman–Crippen MR) is 49.7 cm³/mol. The molecule has 1 aromatic rings. The summed E-state index contributed by atoms with van der Waals surface area (Å²) in [5, 5.41) is 4.94. The number of alkyl halides is 1. The van der Waals surface area contributed by atoms with Crippen molar-refractivity contribution in [1.82, 2.24) is 0 Å². The average Bonchev–Trinajstić information content (AvgIpc) is 2.31. The van der Waals surface area contributed by atoms with Gasteiger partial charge in [0.25, 0.3) is 0 Å². The van der Waals surface area contributed by atoms with Crippen LogP contribution in [-0.4, -0.2) is 5.33 Å². The van der Waals surface area contributed by atoms with Crippen LogP contribution in [0.1, 0.15) is 11.1 Å². The van der Waals surface area contributed by atoms with E-state index in [1.807, 2.05) is 0 Å². The molecule has 0 saturated heterocycles. The SMILES string of the molecule is Cc1cscc1C#CCBr. The molecule has 10 heavy (non-hydrogen) atoms. The molecule has 1 aromatic heterocycles. The second kappa shape index (κ2) is 3.80. The Balaban J connectivity index is 2.84. The van der Waals surface area contributed by atoms with Gasteiger partial charge in [0.1, 0.15) is 0 Å². The minimum atomic E-state index is 0.752. The molecule has 52 valence electrons. The Morgan fingerprint density at radius 3 is 2.90 bits per heavy atom. The van der Waals surface area contributed by atoms with Gasteiger partial charge in [-0.15, -0.1) is 0 Å². The van der Waals surface area contributed by atoms with Crippen LogP contribution in [0.25, 0.3) is 0 Å². The summed E-state index contributed by atoms with van der Waals surface area (Å²) in [5.74, 6) is 6.02. The molecule has 0 spiro atoms. The van der Waals surface area contributed by atoms with E-state index in [0.717, 1.165) is 10.9 Å². The van der Waals surface area contributed by atoms with Crippen molar-refractivity contribution in [1.29, 1.82) is 0 Å². The van der Waals surface area contributed by atoms with Gasteiger partial charge >= 0.3 is 0 Å². The van der Waals surface area contributed by atoms with Crippen LogP contribution in [0.2, 0.25) is 0 Å². The van der Waals surface area contributed by atoms with E-state index < -0.39 is 0 Å². The summed E-state index contributed by atoms with van der Waals surface area (Å²) < 4.78 is 0. The molecule has 0 nitrogen and oxygen atoms in total. The van der Waals surface area contributed by atoms with Crippen LogP contribution in [0, 0.1) is 18.8 Å². The minimum Gasteiger partial charge on any atom is -0.151 e. The molecule has 0 saturated carbocycles. The van der Waals surface area contributed by atoms with E-state index in [-0.39, 0.29) is 0 Å². The highest BCUT2D eigenvalue weighted by molar-refractivity contribution is 9.09. The summed E-state index contributed by atoms with van der Waals surface area (Å²) in [7, 11) is 0. The average molecular weight is 215 g/mol. The van der Waals surface area contributed by atoms with Crippen LogP contribution in [0.4, 0.5) is 0 Å². The maximum Gasteiger partial charge on any atom is 0.0649 e. The number of rotatable bonds is 0. The second-order valence-corrected chi connectivity index (χ2v) is 3.21.